The third-order valence-electron chi connectivity index (χ3n) is 4.43. The number of hydrogen-bond acceptors (Lipinski definition) is 5. The van der Waals surface area contributed by atoms with Crippen LogP contribution in [-0.2, 0) is 4.79 Å². The highest BCUT2D eigenvalue weighted by atomic mass is 16.5. The Morgan fingerprint density at radius 1 is 1.24 bits per heavy atom. The van der Waals surface area contributed by atoms with Gasteiger partial charge in [0, 0.05) is 63.3 Å². The third kappa shape index (κ3) is 4.29. The van der Waals surface area contributed by atoms with Crippen LogP contribution in [0.3, 0.4) is 0 Å². The number of hydrogen-bond donors (Lipinski definition) is 0. The molecule has 1 saturated heterocycles. The van der Waals surface area contributed by atoms with E-state index in [1.807, 2.05) is 36.4 Å². The lowest BCUT2D eigenvalue weighted by Crippen LogP contribution is -2.49. The molecule has 0 radical (unpaired) electrons. The SMILES string of the molecule is CCOc1ccnc(N2CCN(C(=O)C[C@@H](C)n3cccc3)CC2)n1. The van der Waals surface area contributed by atoms with Crippen LogP contribution in [0.5, 0.6) is 5.88 Å². The van der Waals surface area contributed by atoms with Gasteiger partial charge in [0.1, 0.15) is 0 Å². The lowest BCUT2D eigenvalue weighted by atomic mass is 10.2. The average Bonchev–Trinajstić information content (AvgIpc) is 3.17. The molecule has 1 fully saturated rings. The van der Waals surface area contributed by atoms with Crippen LogP contribution in [0.2, 0.25) is 0 Å². The number of carbonyl (C=O) groups excluding carboxylic acids is 1. The van der Waals surface area contributed by atoms with Gasteiger partial charge in [-0.25, -0.2) is 4.98 Å². The highest BCUT2D eigenvalue weighted by Gasteiger charge is 2.24. The van der Waals surface area contributed by atoms with Crippen molar-refractivity contribution < 1.29 is 9.53 Å². The van der Waals surface area contributed by atoms with Crippen LogP contribution in [0, 0.1) is 0 Å². The molecule has 2 aromatic rings. The first kappa shape index (κ1) is 17.3. The van der Waals surface area contributed by atoms with E-state index >= 15 is 0 Å². The number of amides is 1. The molecule has 0 saturated carbocycles. The zero-order valence-electron chi connectivity index (χ0n) is 14.8. The minimum absolute atomic E-state index is 0.173. The van der Waals surface area contributed by atoms with Gasteiger partial charge in [-0.05, 0) is 26.0 Å². The molecular formula is C18H25N5O2. The maximum absolute atomic E-state index is 12.5. The van der Waals surface area contributed by atoms with Crippen molar-refractivity contribution in [1.29, 1.82) is 0 Å². The summed E-state index contributed by atoms with van der Waals surface area (Å²) in [6, 6.07) is 5.90. The van der Waals surface area contributed by atoms with Gasteiger partial charge in [0.2, 0.25) is 17.7 Å². The van der Waals surface area contributed by atoms with Crippen molar-refractivity contribution in [3.05, 3.63) is 36.8 Å². The largest absolute Gasteiger partial charge is 0.478 e. The normalized spacial score (nSPS) is 15.9. The number of ether oxygens (including phenoxy) is 1. The lowest BCUT2D eigenvalue weighted by Gasteiger charge is -2.35. The molecule has 7 nitrogen and oxygen atoms in total. The van der Waals surface area contributed by atoms with Gasteiger partial charge in [-0.15, -0.1) is 0 Å². The molecule has 0 bridgehead atoms. The number of carbonyl (C=O) groups is 1. The summed E-state index contributed by atoms with van der Waals surface area (Å²) in [6.07, 6.45) is 6.23. The molecule has 0 aromatic carbocycles. The fourth-order valence-corrected chi connectivity index (χ4v) is 3.00. The first-order chi connectivity index (χ1) is 12.2. The molecule has 3 heterocycles. The summed E-state index contributed by atoms with van der Waals surface area (Å²) in [5, 5.41) is 0. The number of anilines is 1. The molecule has 3 rings (SSSR count). The molecule has 25 heavy (non-hydrogen) atoms. The first-order valence-electron chi connectivity index (χ1n) is 8.78. The van der Waals surface area contributed by atoms with Crippen LogP contribution in [0.25, 0.3) is 0 Å². The molecule has 0 unspecified atom stereocenters. The van der Waals surface area contributed by atoms with E-state index in [9.17, 15) is 4.79 Å². The van der Waals surface area contributed by atoms with Crippen LogP contribution in [-0.4, -0.2) is 58.1 Å². The summed E-state index contributed by atoms with van der Waals surface area (Å²) < 4.78 is 7.50. The molecule has 1 amide bonds. The minimum Gasteiger partial charge on any atom is -0.478 e. The van der Waals surface area contributed by atoms with Gasteiger partial charge in [-0.1, -0.05) is 0 Å². The maximum Gasteiger partial charge on any atom is 0.228 e. The summed E-state index contributed by atoms with van der Waals surface area (Å²) in [4.78, 5) is 25.3. The third-order valence-corrected chi connectivity index (χ3v) is 4.43. The second-order valence-electron chi connectivity index (χ2n) is 6.18. The number of aromatic nitrogens is 3. The van der Waals surface area contributed by atoms with Crippen molar-refractivity contribution in [2.75, 3.05) is 37.7 Å². The van der Waals surface area contributed by atoms with Crippen LogP contribution >= 0.6 is 0 Å². The zero-order chi connectivity index (χ0) is 17.6. The van der Waals surface area contributed by atoms with Gasteiger partial charge in [0.15, 0.2) is 0 Å². The number of piperazine rings is 1. The lowest BCUT2D eigenvalue weighted by molar-refractivity contribution is -0.132. The summed E-state index contributed by atoms with van der Waals surface area (Å²) in [5.41, 5.74) is 0. The monoisotopic (exact) mass is 343 g/mol. The van der Waals surface area contributed by atoms with Gasteiger partial charge in [0.25, 0.3) is 0 Å². The van der Waals surface area contributed by atoms with E-state index in [2.05, 4.69) is 26.4 Å². The molecule has 0 aliphatic carbocycles. The Hall–Kier alpha value is -2.57. The highest BCUT2D eigenvalue weighted by molar-refractivity contribution is 5.77. The first-order valence-corrected chi connectivity index (χ1v) is 8.78. The van der Waals surface area contributed by atoms with Crippen molar-refractivity contribution in [1.82, 2.24) is 19.4 Å². The molecule has 7 heteroatoms. The highest BCUT2D eigenvalue weighted by Crippen LogP contribution is 2.17. The Kier molecular flexibility index (Phi) is 5.53. The smallest absolute Gasteiger partial charge is 0.228 e. The summed E-state index contributed by atoms with van der Waals surface area (Å²) in [5.74, 6) is 1.45. The van der Waals surface area contributed by atoms with Crippen molar-refractivity contribution in [2.45, 2.75) is 26.3 Å². The fourth-order valence-electron chi connectivity index (χ4n) is 3.00. The summed E-state index contributed by atoms with van der Waals surface area (Å²) >= 11 is 0. The predicted molar refractivity (Wildman–Crippen MR) is 95.8 cm³/mol. The Labute approximate surface area is 148 Å². The maximum atomic E-state index is 12.5. The Balaban J connectivity index is 1.53. The topological polar surface area (TPSA) is 63.5 Å². The van der Waals surface area contributed by atoms with Gasteiger partial charge >= 0.3 is 0 Å². The Morgan fingerprint density at radius 2 is 1.96 bits per heavy atom. The Morgan fingerprint density at radius 3 is 2.64 bits per heavy atom. The van der Waals surface area contributed by atoms with Crippen molar-refractivity contribution >= 4 is 11.9 Å². The van der Waals surface area contributed by atoms with Crippen molar-refractivity contribution in [3.8, 4) is 5.88 Å². The van der Waals surface area contributed by atoms with E-state index < -0.39 is 0 Å². The molecule has 1 atom stereocenters. The van der Waals surface area contributed by atoms with E-state index in [1.54, 1.807) is 12.3 Å². The zero-order valence-corrected chi connectivity index (χ0v) is 14.8. The van der Waals surface area contributed by atoms with Gasteiger partial charge in [-0.3, -0.25) is 4.79 Å². The average molecular weight is 343 g/mol. The number of rotatable bonds is 6. The molecule has 2 aromatic heterocycles. The Bertz CT molecular complexity index is 681. The summed E-state index contributed by atoms with van der Waals surface area (Å²) in [7, 11) is 0. The van der Waals surface area contributed by atoms with E-state index in [0.29, 0.717) is 37.9 Å². The molecule has 0 spiro atoms. The van der Waals surface area contributed by atoms with E-state index in [1.165, 1.54) is 0 Å². The van der Waals surface area contributed by atoms with Gasteiger partial charge < -0.3 is 19.1 Å². The van der Waals surface area contributed by atoms with Gasteiger partial charge in [-0.2, -0.15) is 4.98 Å². The number of nitrogens with zero attached hydrogens (tertiary/aromatic N) is 5. The van der Waals surface area contributed by atoms with Crippen LogP contribution in [0.1, 0.15) is 26.3 Å². The molecule has 134 valence electrons. The molecule has 1 aliphatic heterocycles. The standard InChI is InChI=1S/C18H25N5O2/c1-3-25-16-6-7-19-18(20-16)23-12-10-22(11-13-23)17(24)14-15(2)21-8-4-5-9-21/h4-9,15H,3,10-14H2,1-2H3/t15-/m1/s1. The second kappa shape index (κ2) is 8.00. The van der Waals surface area contributed by atoms with Crippen molar-refractivity contribution in [3.63, 3.8) is 0 Å². The van der Waals surface area contributed by atoms with E-state index in [4.69, 9.17) is 4.74 Å². The van der Waals surface area contributed by atoms with Crippen LogP contribution < -0.4 is 9.64 Å². The molecule has 1 aliphatic rings. The minimum atomic E-state index is 0.173. The summed E-state index contributed by atoms with van der Waals surface area (Å²) in [6.45, 7) is 7.44. The predicted octanol–water partition coefficient (Wildman–Crippen LogP) is 1.98. The quantitative estimate of drug-likeness (QED) is 0.802. The van der Waals surface area contributed by atoms with E-state index in [0.717, 1.165) is 13.1 Å². The second-order valence-corrected chi connectivity index (χ2v) is 6.18. The van der Waals surface area contributed by atoms with Gasteiger partial charge in [0.05, 0.1) is 6.61 Å². The van der Waals surface area contributed by atoms with Crippen molar-refractivity contribution in [2.24, 2.45) is 0 Å². The molecule has 0 N–H and O–H groups in total. The van der Waals surface area contributed by atoms with Crippen LogP contribution in [0.4, 0.5) is 5.95 Å². The molecular weight excluding hydrogens is 318 g/mol. The van der Waals surface area contributed by atoms with E-state index in [-0.39, 0.29) is 11.9 Å². The fraction of sp³-hybridized carbons (Fsp3) is 0.500. The van der Waals surface area contributed by atoms with Crippen LogP contribution in [0.15, 0.2) is 36.8 Å².